The van der Waals surface area contributed by atoms with E-state index in [2.05, 4.69) is 15.0 Å². The van der Waals surface area contributed by atoms with Gasteiger partial charge in [0.15, 0.2) is 15.8 Å². The molecule has 0 aliphatic rings. The fraction of sp³-hybridized carbons (Fsp3) is 0.0833. The maximum absolute atomic E-state index is 12.3. The van der Waals surface area contributed by atoms with Crippen molar-refractivity contribution in [1.82, 2.24) is 9.97 Å². The van der Waals surface area contributed by atoms with Crippen LogP contribution in [0.15, 0.2) is 76.6 Å². The predicted molar refractivity (Wildman–Crippen MR) is 138 cm³/mol. The van der Waals surface area contributed by atoms with Crippen molar-refractivity contribution in [3.05, 3.63) is 83.7 Å². The number of para-hydroxylation sites is 2. The highest BCUT2D eigenvalue weighted by molar-refractivity contribution is 7.90. The van der Waals surface area contributed by atoms with Crippen LogP contribution in [0.25, 0.3) is 11.0 Å². The second-order valence-electron chi connectivity index (χ2n) is 7.70. The van der Waals surface area contributed by atoms with Crippen molar-refractivity contribution in [2.24, 2.45) is 16.5 Å². The van der Waals surface area contributed by atoms with Gasteiger partial charge in [0.25, 0.3) is 5.91 Å². The number of guanidine groups is 1. The van der Waals surface area contributed by atoms with Gasteiger partial charge in [0.05, 0.1) is 11.0 Å². The van der Waals surface area contributed by atoms with Crippen LogP contribution in [0.3, 0.4) is 0 Å². The molecule has 9 nitrogen and oxygen atoms in total. The van der Waals surface area contributed by atoms with E-state index in [0.29, 0.717) is 17.0 Å². The summed E-state index contributed by atoms with van der Waals surface area (Å²) in [4.78, 5) is 23.8. The molecule has 0 radical (unpaired) electrons. The molecular formula is C24H21N5O4S2. The third-order valence-corrected chi connectivity index (χ3v) is 6.49. The molecule has 0 spiro atoms. The highest BCUT2D eigenvalue weighted by Gasteiger charge is 2.19. The van der Waals surface area contributed by atoms with Gasteiger partial charge in [-0.1, -0.05) is 36.5 Å². The summed E-state index contributed by atoms with van der Waals surface area (Å²) in [6, 6.07) is 18.6. The van der Waals surface area contributed by atoms with Crippen LogP contribution >= 0.6 is 12.2 Å². The van der Waals surface area contributed by atoms with Gasteiger partial charge in [0, 0.05) is 23.1 Å². The Morgan fingerprint density at radius 1 is 1.06 bits per heavy atom. The number of hydrogen-bond donors (Lipinski definition) is 3. The van der Waals surface area contributed by atoms with Crippen LogP contribution in [-0.2, 0) is 16.3 Å². The lowest BCUT2D eigenvalue weighted by atomic mass is 10.1. The zero-order valence-corrected chi connectivity index (χ0v) is 20.2. The van der Waals surface area contributed by atoms with Gasteiger partial charge in [-0.15, -0.1) is 0 Å². The molecule has 5 N–H and O–H groups in total. The highest BCUT2D eigenvalue weighted by Crippen LogP contribution is 2.30. The summed E-state index contributed by atoms with van der Waals surface area (Å²) >= 11 is 5.58. The van der Waals surface area contributed by atoms with Crippen LogP contribution in [-0.4, -0.2) is 41.4 Å². The van der Waals surface area contributed by atoms with Gasteiger partial charge < -0.3 is 21.2 Å². The van der Waals surface area contributed by atoms with Gasteiger partial charge in [-0.2, -0.15) is 4.99 Å². The molecule has 4 aromatic rings. The molecule has 0 aliphatic carbocycles. The van der Waals surface area contributed by atoms with E-state index < -0.39 is 21.7 Å². The van der Waals surface area contributed by atoms with E-state index in [1.807, 2.05) is 24.3 Å². The lowest BCUT2D eigenvalue weighted by Crippen LogP contribution is -2.24. The van der Waals surface area contributed by atoms with Crippen LogP contribution in [0.2, 0.25) is 0 Å². The second-order valence-corrected chi connectivity index (χ2v) is 10.2. The first-order chi connectivity index (χ1) is 16.6. The van der Waals surface area contributed by atoms with Gasteiger partial charge in [0.1, 0.15) is 22.2 Å². The molecule has 1 aromatic heterocycles. The van der Waals surface area contributed by atoms with Crippen molar-refractivity contribution in [1.29, 1.82) is 0 Å². The third kappa shape index (κ3) is 5.70. The van der Waals surface area contributed by atoms with Crippen LogP contribution in [0.5, 0.6) is 11.5 Å². The average Bonchev–Trinajstić information content (AvgIpc) is 3.21. The fourth-order valence-electron chi connectivity index (χ4n) is 3.38. The number of ether oxygens (including phenoxy) is 1. The molecule has 0 saturated carbocycles. The van der Waals surface area contributed by atoms with Gasteiger partial charge in [-0.05, 0) is 48.0 Å². The lowest BCUT2D eigenvalue weighted by Gasteiger charge is -2.12. The average molecular weight is 508 g/mol. The maximum atomic E-state index is 12.3. The first-order valence-corrected chi connectivity index (χ1v) is 12.6. The van der Waals surface area contributed by atoms with Crippen molar-refractivity contribution >= 4 is 49.8 Å². The lowest BCUT2D eigenvalue weighted by molar-refractivity contribution is 0.100. The number of H-pyrrole nitrogens is 1. The SMILES string of the molecule is CS(=O)(=O)c1cc(C(=O)N=C(N)N)ccc1Oc1ccc(C(=S)Cc2nc3ccccc3[nH]2)cc1. The minimum Gasteiger partial charge on any atom is -0.456 e. The van der Waals surface area contributed by atoms with E-state index in [4.69, 9.17) is 28.4 Å². The summed E-state index contributed by atoms with van der Waals surface area (Å²) in [5.41, 5.74) is 13.1. The number of benzene rings is 3. The quantitative estimate of drug-likeness (QED) is 0.149. The molecule has 3 aromatic carbocycles. The van der Waals surface area contributed by atoms with Crippen LogP contribution in [0.4, 0.5) is 0 Å². The molecule has 0 aliphatic heterocycles. The Labute approximate surface area is 206 Å². The molecule has 35 heavy (non-hydrogen) atoms. The summed E-state index contributed by atoms with van der Waals surface area (Å²) in [6.07, 6.45) is 1.48. The Morgan fingerprint density at radius 3 is 2.40 bits per heavy atom. The number of nitrogens with two attached hydrogens (primary N) is 2. The van der Waals surface area contributed by atoms with E-state index in [9.17, 15) is 13.2 Å². The summed E-state index contributed by atoms with van der Waals surface area (Å²) in [7, 11) is -3.72. The number of hydrogen-bond acceptors (Lipinski definition) is 6. The van der Waals surface area contributed by atoms with Crippen LogP contribution < -0.4 is 16.2 Å². The van der Waals surface area contributed by atoms with E-state index in [-0.39, 0.29) is 16.2 Å². The first kappa shape index (κ1) is 24.0. The molecule has 0 saturated heterocycles. The van der Waals surface area contributed by atoms with Crippen LogP contribution in [0, 0.1) is 0 Å². The number of aliphatic imine (C=N–C) groups is 1. The van der Waals surface area contributed by atoms with E-state index >= 15 is 0 Å². The fourth-order valence-corrected chi connectivity index (χ4v) is 4.47. The maximum Gasteiger partial charge on any atom is 0.280 e. The molecule has 11 heteroatoms. The zero-order chi connectivity index (χ0) is 25.2. The van der Waals surface area contributed by atoms with E-state index in [1.165, 1.54) is 18.2 Å². The molecule has 0 fully saturated rings. The predicted octanol–water partition coefficient (Wildman–Crippen LogP) is 3.13. The summed E-state index contributed by atoms with van der Waals surface area (Å²) in [6.45, 7) is 0. The van der Waals surface area contributed by atoms with Gasteiger partial charge in [-0.3, -0.25) is 4.79 Å². The minimum absolute atomic E-state index is 0.0115. The van der Waals surface area contributed by atoms with Gasteiger partial charge >= 0.3 is 0 Å². The van der Waals surface area contributed by atoms with Crippen molar-refractivity contribution in [2.45, 2.75) is 11.3 Å². The highest BCUT2D eigenvalue weighted by atomic mass is 32.2. The second kappa shape index (κ2) is 9.65. The zero-order valence-electron chi connectivity index (χ0n) is 18.6. The number of thiocarbonyl (C=S) groups is 1. The number of carbonyl (C=O) groups is 1. The van der Waals surface area contributed by atoms with E-state index in [0.717, 1.165) is 28.7 Å². The van der Waals surface area contributed by atoms with Gasteiger partial charge in [0.2, 0.25) is 0 Å². The molecule has 4 rings (SSSR count). The molecule has 1 amide bonds. The molecule has 1 heterocycles. The van der Waals surface area contributed by atoms with Crippen molar-refractivity contribution in [2.75, 3.05) is 6.26 Å². The number of aromatic nitrogens is 2. The van der Waals surface area contributed by atoms with Crippen molar-refractivity contribution in [3.8, 4) is 11.5 Å². The molecule has 0 unspecified atom stereocenters. The number of fused-ring (bicyclic) bond motifs is 1. The first-order valence-electron chi connectivity index (χ1n) is 10.3. The number of sulfone groups is 1. The number of carbonyl (C=O) groups excluding carboxylic acids is 1. The molecule has 0 atom stereocenters. The Hall–Kier alpha value is -4.09. The van der Waals surface area contributed by atoms with Crippen molar-refractivity contribution in [3.63, 3.8) is 0 Å². The molecular weight excluding hydrogens is 486 g/mol. The Morgan fingerprint density at radius 2 is 1.74 bits per heavy atom. The summed E-state index contributed by atoms with van der Waals surface area (Å²) in [5, 5.41) is 0. The third-order valence-electron chi connectivity index (χ3n) is 4.99. The van der Waals surface area contributed by atoms with Crippen LogP contribution in [0.1, 0.15) is 21.7 Å². The molecule has 0 bridgehead atoms. The normalized spacial score (nSPS) is 11.2. The number of nitrogens with one attached hydrogen (secondary N) is 1. The number of amides is 1. The minimum atomic E-state index is -3.72. The Balaban J connectivity index is 1.53. The van der Waals surface area contributed by atoms with Crippen molar-refractivity contribution < 1.29 is 17.9 Å². The monoisotopic (exact) mass is 507 g/mol. The summed E-state index contributed by atoms with van der Waals surface area (Å²) < 4.78 is 30.4. The standard InChI is InChI=1S/C24H21N5O4S2/c1-35(31,32)21-12-15(23(30)29-24(25)26)8-11-19(21)33-16-9-6-14(7-10-16)20(34)13-22-27-17-4-2-3-5-18(17)28-22/h2-12H,13H2,1H3,(H,27,28)(H4,25,26,29,30). The number of nitrogens with zero attached hydrogens (tertiary/aromatic N) is 2. The molecule has 178 valence electrons. The Bertz CT molecular complexity index is 1540. The number of imidazole rings is 1. The number of aromatic amines is 1. The van der Waals surface area contributed by atoms with Gasteiger partial charge in [-0.25, -0.2) is 13.4 Å². The number of rotatable bonds is 7. The summed E-state index contributed by atoms with van der Waals surface area (Å²) in [5.74, 6) is 0.0443. The van der Waals surface area contributed by atoms with E-state index in [1.54, 1.807) is 24.3 Å². The topological polar surface area (TPSA) is 154 Å². The largest absolute Gasteiger partial charge is 0.456 e. The Kier molecular flexibility index (Phi) is 6.63. The smallest absolute Gasteiger partial charge is 0.280 e.